The Morgan fingerprint density at radius 3 is 1.50 bits per heavy atom. The predicted octanol–water partition coefficient (Wildman–Crippen LogP) is 7.78. The Balaban J connectivity index is 3.37. The zero-order valence-corrected chi connectivity index (χ0v) is 16.9. The van der Waals surface area contributed by atoms with E-state index in [2.05, 4.69) is 55.5 Å². The third-order valence-corrected chi connectivity index (χ3v) is 4.22. The summed E-state index contributed by atoms with van der Waals surface area (Å²) in [7, 11) is 0. The molecule has 0 bridgehead atoms. The first-order valence-corrected chi connectivity index (χ1v) is 10.6. The third-order valence-electron chi connectivity index (χ3n) is 4.22. The molecule has 0 rings (SSSR count). The number of allylic oxidation sites excluding steroid dienone is 8. The minimum Gasteiger partial charge on any atom is -0.481 e. The highest BCUT2D eigenvalue weighted by Gasteiger charge is 1.94. The van der Waals surface area contributed by atoms with Crippen LogP contribution in [-0.4, -0.2) is 11.1 Å². The van der Waals surface area contributed by atoms with Gasteiger partial charge in [-0.05, 0) is 51.4 Å². The minimum absolute atomic E-state index is 0.300. The van der Waals surface area contributed by atoms with Gasteiger partial charge in [-0.15, -0.1) is 0 Å². The smallest absolute Gasteiger partial charge is 0.303 e. The van der Waals surface area contributed by atoms with E-state index < -0.39 is 5.97 Å². The van der Waals surface area contributed by atoms with Crippen molar-refractivity contribution in [3.63, 3.8) is 0 Å². The lowest BCUT2D eigenvalue weighted by molar-refractivity contribution is -0.137. The normalized spacial score (nSPS) is 12.3. The molecule has 26 heavy (non-hydrogen) atoms. The molecular formula is C24H40O2. The van der Waals surface area contributed by atoms with Crippen molar-refractivity contribution in [1.82, 2.24) is 0 Å². The number of unbranched alkanes of at least 4 members (excludes halogenated alkanes) is 8. The summed E-state index contributed by atoms with van der Waals surface area (Å²) in [5.74, 6) is -0.687. The molecule has 0 unspecified atom stereocenters. The number of carbonyl (C=O) groups is 1. The summed E-state index contributed by atoms with van der Waals surface area (Å²) >= 11 is 0. The number of aliphatic carboxylic acids is 1. The predicted molar refractivity (Wildman–Crippen MR) is 115 cm³/mol. The van der Waals surface area contributed by atoms with E-state index in [0.717, 1.165) is 44.9 Å². The van der Waals surface area contributed by atoms with E-state index in [1.165, 1.54) is 38.5 Å². The molecule has 0 heterocycles. The summed E-state index contributed by atoms with van der Waals surface area (Å²) < 4.78 is 0. The lowest BCUT2D eigenvalue weighted by Crippen LogP contribution is -1.93. The standard InChI is InChI=1S/C24H40O2/c1-2-3-4-5-6-7-8-9-10-11-12-13-14-15-16-17-18-19-20-21-22-23-24(25)26/h8-9,11-12,14-15,17-18H,2-7,10,13,16,19-23H2,1H3,(H,25,26). The van der Waals surface area contributed by atoms with E-state index in [0.29, 0.717) is 6.42 Å². The summed E-state index contributed by atoms with van der Waals surface area (Å²) in [4.78, 5) is 10.4. The Morgan fingerprint density at radius 2 is 1.04 bits per heavy atom. The zero-order chi connectivity index (χ0) is 19.1. The van der Waals surface area contributed by atoms with Crippen molar-refractivity contribution < 1.29 is 9.90 Å². The number of carboxylic acids is 1. The molecule has 0 atom stereocenters. The van der Waals surface area contributed by atoms with Crippen LogP contribution in [0.15, 0.2) is 48.6 Å². The van der Waals surface area contributed by atoms with Crippen LogP contribution in [-0.2, 0) is 4.79 Å². The van der Waals surface area contributed by atoms with Crippen molar-refractivity contribution in [2.45, 2.75) is 96.8 Å². The van der Waals surface area contributed by atoms with Gasteiger partial charge < -0.3 is 5.11 Å². The third kappa shape index (κ3) is 22.4. The highest BCUT2D eigenvalue weighted by molar-refractivity contribution is 5.66. The van der Waals surface area contributed by atoms with Crippen molar-refractivity contribution in [3.05, 3.63) is 48.6 Å². The molecule has 0 fully saturated rings. The van der Waals surface area contributed by atoms with Crippen LogP contribution in [0, 0.1) is 0 Å². The van der Waals surface area contributed by atoms with Gasteiger partial charge in [0.05, 0.1) is 0 Å². The van der Waals surface area contributed by atoms with Gasteiger partial charge in [0.25, 0.3) is 0 Å². The van der Waals surface area contributed by atoms with Crippen LogP contribution in [0.2, 0.25) is 0 Å². The fourth-order valence-corrected chi connectivity index (χ4v) is 2.63. The lowest BCUT2D eigenvalue weighted by atomic mass is 10.1. The van der Waals surface area contributed by atoms with Gasteiger partial charge in [0.1, 0.15) is 0 Å². The van der Waals surface area contributed by atoms with Gasteiger partial charge in [-0.1, -0.05) is 87.6 Å². The molecule has 0 aliphatic carbocycles. The average molecular weight is 361 g/mol. The molecule has 0 aromatic heterocycles. The first kappa shape index (κ1) is 24.4. The summed E-state index contributed by atoms with van der Waals surface area (Å²) in [5.41, 5.74) is 0. The number of rotatable bonds is 18. The zero-order valence-electron chi connectivity index (χ0n) is 16.9. The highest BCUT2D eigenvalue weighted by Crippen LogP contribution is 2.06. The van der Waals surface area contributed by atoms with E-state index >= 15 is 0 Å². The topological polar surface area (TPSA) is 37.3 Å². The summed E-state index contributed by atoms with van der Waals surface area (Å²) in [6.07, 6.45) is 33.2. The largest absolute Gasteiger partial charge is 0.481 e. The van der Waals surface area contributed by atoms with Crippen LogP contribution in [0.25, 0.3) is 0 Å². The molecule has 0 saturated carbocycles. The highest BCUT2D eigenvalue weighted by atomic mass is 16.4. The second-order valence-electron chi connectivity index (χ2n) is 6.79. The molecule has 148 valence electrons. The molecule has 0 aromatic carbocycles. The van der Waals surface area contributed by atoms with Gasteiger partial charge in [-0.2, -0.15) is 0 Å². The van der Waals surface area contributed by atoms with Crippen LogP contribution in [0.4, 0.5) is 0 Å². The molecule has 0 aliphatic heterocycles. The Bertz CT molecular complexity index is 416. The monoisotopic (exact) mass is 360 g/mol. The molecule has 2 nitrogen and oxygen atoms in total. The lowest BCUT2D eigenvalue weighted by Gasteiger charge is -1.95. The van der Waals surface area contributed by atoms with E-state index in [9.17, 15) is 4.79 Å². The molecular weight excluding hydrogens is 320 g/mol. The first-order chi connectivity index (χ1) is 12.8. The van der Waals surface area contributed by atoms with Gasteiger partial charge in [-0.3, -0.25) is 4.79 Å². The van der Waals surface area contributed by atoms with Gasteiger partial charge in [-0.25, -0.2) is 0 Å². The molecule has 1 N–H and O–H groups in total. The number of carboxylic acid groups (broad SMARTS) is 1. The minimum atomic E-state index is -0.687. The van der Waals surface area contributed by atoms with Gasteiger partial charge in [0.2, 0.25) is 0 Å². The van der Waals surface area contributed by atoms with Crippen molar-refractivity contribution in [1.29, 1.82) is 0 Å². The fourth-order valence-electron chi connectivity index (χ4n) is 2.63. The van der Waals surface area contributed by atoms with E-state index in [1.807, 2.05) is 0 Å². The van der Waals surface area contributed by atoms with Crippen LogP contribution >= 0.6 is 0 Å². The quantitative estimate of drug-likeness (QED) is 0.200. The van der Waals surface area contributed by atoms with Crippen LogP contribution in [0.3, 0.4) is 0 Å². The second-order valence-corrected chi connectivity index (χ2v) is 6.79. The molecule has 0 radical (unpaired) electrons. The van der Waals surface area contributed by atoms with Crippen LogP contribution in [0.5, 0.6) is 0 Å². The maximum Gasteiger partial charge on any atom is 0.303 e. The number of hydrogen-bond donors (Lipinski definition) is 1. The number of hydrogen-bond acceptors (Lipinski definition) is 1. The van der Waals surface area contributed by atoms with Crippen molar-refractivity contribution in [2.75, 3.05) is 0 Å². The summed E-state index contributed by atoms with van der Waals surface area (Å²) in [6.45, 7) is 2.26. The summed E-state index contributed by atoms with van der Waals surface area (Å²) in [5, 5.41) is 8.54. The van der Waals surface area contributed by atoms with E-state index in [-0.39, 0.29) is 0 Å². The molecule has 0 aliphatic rings. The van der Waals surface area contributed by atoms with Crippen LogP contribution < -0.4 is 0 Å². The molecule has 0 amide bonds. The van der Waals surface area contributed by atoms with Crippen LogP contribution in [0.1, 0.15) is 96.8 Å². The average Bonchev–Trinajstić information content (AvgIpc) is 2.62. The first-order valence-electron chi connectivity index (χ1n) is 10.6. The van der Waals surface area contributed by atoms with Crippen molar-refractivity contribution in [3.8, 4) is 0 Å². The second kappa shape index (κ2) is 21.5. The molecule has 2 heteroatoms. The van der Waals surface area contributed by atoms with Crippen molar-refractivity contribution in [2.24, 2.45) is 0 Å². The Hall–Kier alpha value is -1.57. The maximum absolute atomic E-state index is 10.4. The SMILES string of the molecule is CCCCCCCC=CCC=CCC=CCC=CCCCCCC(=O)O. The Labute approximate surface area is 161 Å². The van der Waals surface area contributed by atoms with E-state index in [1.54, 1.807) is 0 Å². The Kier molecular flexibility index (Phi) is 20.2. The maximum atomic E-state index is 10.4. The van der Waals surface area contributed by atoms with E-state index in [4.69, 9.17) is 5.11 Å². The Morgan fingerprint density at radius 1 is 0.615 bits per heavy atom. The molecule has 0 spiro atoms. The van der Waals surface area contributed by atoms with Gasteiger partial charge in [0.15, 0.2) is 0 Å². The van der Waals surface area contributed by atoms with Gasteiger partial charge in [0, 0.05) is 6.42 Å². The van der Waals surface area contributed by atoms with Crippen molar-refractivity contribution >= 4 is 5.97 Å². The molecule has 0 aromatic rings. The molecule has 0 saturated heterocycles. The van der Waals surface area contributed by atoms with Gasteiger partial charge >= 0.3 is 5.97 Å². The summed E-state index contributed by atoms with van der Waals surface area (Å²) in [6, 6.07) is 0. The fraction of sp³-hybridized carbons (Fsp3) is 0.625.